The van der Waals surface area contributed by atoms with Crippen molar-refractivity contribution in [1.82, 2.24) is 9.99 Å². The summed E-state index contributed by atoms with van der Waals surface area (Å²) in [5.41, 5.74) is 8.54. The summed E-state index contributed by atoms with van der Waals surface area (Å²) in [6.45, 7) is 6.18. The van der Waals surface area contributed by atoms with Gasteiger partial charge in [-0.1, -0.05) is 12.1 Å². The monoisotopic (exact) mass is 487 g/mol. The number of methoxy groups -OCH3 is 1. The number of hydrogen-bond acceptors (Lipinski definition) is 3. The number of nitrogens with one attached hydrogen (secondary N) is 1. The Balaban J connectivity index is 1.78. The van der Waals surface area contributed by atoms with Gasteiger partial charge in [0.05, 0.1) is 16.9 Å². The summed E-state index contributed by atoms with van der Waals surface area (Å²) in [5, 5.41) is 4.14. The molecule has 0 spiro atoms. The maximum absolute atomic E-state index is 12.3. The number of rotatable bonds is 5. The standard InChI is InChI=1S/C22H22IN3O2/c1-14-6-5-7-19(10-14)26-15(2)11-18(16(26)3)13-24-25-22(27)17-8-9-20(23)21(12-17)28-4/h5-13H,1-4H3,(H,25,27)/b24-13-. The fraction of sp³-hybridized carbons (Fsp3) is 0.182. The second-order valence-corrected chi connectivity index (χ2v) is 7.71. The van der Waals surface area contributed by atoms with Crippen LogP contribution in [-0.4, -0.2) is 23.8 Å². The van der Waals surface area contributed by atoms with Crippen LogP contribution in [0.4, 0.5) is 0 Å². The van der Waals surface area contributed by atoms with E-state index in [2.05, 4.69) is 75.8 Å². The van der Waals surface area contributed by atoms with E-state index in [1.807, 2.05) is 19.1 Å². The highest BCUT2D eigenvalue weighted by molar-refractivity contribution is 14.1. The number of aromatic nitrogens is 1. The van der Waals surface area contributed by atoms with E-state index < -0.39 is 0 Å². The number of ether oxygens (including phenoxy) is 1. The van der Waals surface area contributed by atoms with Gasteiger partial charge in [-0.05, 0) is 85.3 Å². The van der Waals surface area contributed by atoms with Crippen molar-refractivity contribution in [3.63, 3.8) is 0 Å². The van der Waals surface area contributed by atoms with Crippen LogP contribution in [0.2, 0.25) is 0 Å². The Hall–Kier alpha value is -2.61. The van der Waals surface area contributed by atoms with Gasteiger partial charge in [0.1, 0.15) is 5.75 Å². The Morgan fingerprint density at radius 3 is 2.64 bits per heavy atom. The topological polar surface area (TPSA) is 55.6 Å². The molecule has 0 saturated carbocycles. The summed E-state index contributed by atoms with van der Waals surface area (Å²) in [7, 11) is 1.58. The first kappa shape index (κ1) is 20.1. The second-order valence-electron chi connectivity index (χ2n) is 6.55. The molecule has 0 bridgehead atoms. The normalized spacial score (nSPS) is 11.0. The van der Waals surface area contributed by atoms with E-state index in [1.165, 1.54) is 5.56 Å². The van der Waals surface area contributed by atoms with Crippen molar-refractivity contribution < 1.29 is 9.53 Å². The van der Waals surface area contributed by atoms with Crippen LogP contribution in [0.3, 0.4) is 0 Å². The minimum atomic E-state index is -0.279. The number of carbonyl (C=O) groups is 1. The number of amides is 1. The maximum atomic E-state index is 12.3. The predicted molar refractivity (Wildman–Crippen MR) is 121 cm³/mol. The van der Waals surface area contributed by atoms with Gasteiger partial charge in [-0.3, -0.25) is 4.79 Å². The zero-order chi connectivity index (χ0) is 20.3. The number of hydrazone groups is 1. The van der Waals surface area contributed by atoms with Crippen LogP contribution in [0, 0.1) is 24.3 Å². The highest BCUT2D eigenvalue weighted by Gasteiger charge is 2.11. The summed E-state index contributed by atoms with van der Waals surface area (Å²) in [6.07, 6.45) is 1.68. The lowest BCUT2D eigenvalue weighted by Crippen LogP contribution is -2.17. The number of nitrogens with zero attached hydrogens (tertiary/aromatic N) is 2. The van der Waals surface area contributed by atoms with Crippen molar-refractivity contribution in [2.45, 2.75) is 20.8 Å². The number of halogens is 1. The molecule has 5 nitrogen and oxygen atoms in total. The molecule has 1 aromatic heterocycles. The molecule has 144 valence electrons. The Kier molecular flexibility index (Phi) is 6.18. The molecular weight excluding hydrogens is 465 g/mol. The zero-order valence-electron chi connectivity index (χ0n) is 16.3. The zero-order valence-corrected chi connectivity index (χ0v) is 18.4. The van der Waals surface area contributed by atoms with Gasteiger partial charge in [-0.2, -0.15) is 5.10 Å². The molecule has 0 aliphatic rings. The predicted octanol–water partition coefficient (Wildman–Crippen LogP) is 4.78. The van der Waals surface area contributed by atoms with E-state index in [9.17, 15) is 4.79 Å². The van der Waals surface area contributed by atoms with Gasteiger partial charge in [0.2, 0.25) is 0 Å². The molecule has 2 aromatic carbocycles. The third-order valence-corrected chi connectivity index (χ3v) is 5.40. The lowest BCUT2D eigenvalue weighted by molar-refractivity contribution is 0.0954. The molecular formula is C22H22IN3O2. The molecule has 1 heterocycles. The number of carbonyl (C=O) groups excluding carboxylic acids is 1. The second kappa shape index (κ2) is 8.60. The van der Waals surface area contributed by atoms with E-state index in [-0.39, 0.29) is 5.91 Å². The van der Waals surface area contributed by atoms with Crippen LogP contribution >= 0.6 is 22.6 Å². The first-order valence-electron chi connectivity index (χ1n) is 8.83. The first-order chi connectivity index (χ1) is 13.4. The molecule has 0 unspecified atom stereocenters. The molecule has 3 rings (SSSR count). The summed E-state index contributed by atoms with van der Waals surface area (Å²) < 4.78 is 8.39. The largest absolute Gasteiger partial charge is 0.496 e. The average Bonchev–Trinajstić information content (AvgIpc) is 2.95. The minimum Gasteiger partial charge on any atom is -0.496 e. The van der Waals surface area contributed by atoms with E-state index in [0.29, 0.717) is 11.3 Å². The van der Waals surface area contributed by atoms with Gasteiger partial charge in [-0.25, -0.2) is 5.43 Å². The van der Waals surface area contributed by atoms with Crippen LogP contribution in [0.15, 0.2) is 53.6 Å². The van der Waals surface area contributed by atoms with E-state index in [0.717, 1.165) is 26.2 Å². The van der Waals surface area contributed by atoms with Crippen molar-refractivity contribution in [1.29, 1.82) is 0 Å². The van der Waals surface area contributed by atoms with Crippen LogP contribution in [0.25, 0.3) is 5.69 Å². The fourth-order valence-corrected chi connectivity index (χ4v) is 3.66. The molecule has 0 atom stereocenters. The molecule has 0 fully saturated rings. The summed E-state index contributed by atoms with van der Waals surface area (Å²) in [6, 6.07) is 15.7. The van der Waals surface area contributed by atoms with Crippen molar-refractivity contribution >= 4 is 34.7 Å². The van der Waals surface area contributed by atoms with Crippen molar-refractivity contribution in [3.05, 3.63) is 80.2 Å². The van der Waals surface area contributed by atoms with Gasteiger partial charge >= 0.3 is 0 Å². The van der Waals surface area contributed by atoms with Crippen molar-refractivity contribution in [3.8, 4) is 11.4 Å². The van der Waals surface area contributed by atoms with Gasteiger partial charge < -0.3 is 9.30 Å². The third kappa shape index (κ3) is 4.27. The number of aryl methyl sites for hydroxylation is 2. The molecule has 6 heteroatoms. The summed E-state index contributed by atoms with van der Waals surface area (Å²) in [4.78, 5) is 12.3. The minimum absolute atomic E-state index is 0.279. The first-order valence-corrected chi connectivity index (χ1v) is 9.91. The van der Waals surface area contributed by atoms with E-state index in [1.54, 1.807) is 25.5 Å². The van der Waals surface area contributed by atoms with Crippen molar-refractivity contribution in [2.24, 2.45) is 5.10 Å². The number of benzene rings is 2. The molecule has 0 saturated heterocycles. The van der Waals surface area contributed by atoms with Crippen LogP contribution in [0.1, 0.15) is 32.9 Å². The Labute approximate surface area is 178 Å². The third-order valence-electron chi connectivity index (χ3n) is 4.51. The van der Waals surface area contributed by atoms with Crippen LogP contribution < -0.4 is 10.2 Å². The van der Waals surface area contributed by atoms with Gasteiger partial charge in [0, 0.05) is 28.2 Å². The van der Waals surface area contributed by atoms with E-state index in [4.69, 9.17) is 4.74 Å². The SMILES string of the molecule is COc1cc(C(=O)N/N=C\c2cc(C)n(-c3cccc(C)c3)c2C)ccc1I. The summed E-state index contributed by atoms with van der Waals surface area (Å²) in [5.74, 6) is 0.386. The molecule has 28 heavy (non-hydrogen) atoms. The maximum Gasteiger partial charge on any atom is 0.271 e. The van der Waals surface area contributed by atoms with E-state index >= 15 is 0 Å². The molecule has 0 radical (unpaired) electrons. The van der Waals surface area contributed by atoms with Gasteiger partial charge in [0.25, 0.3) is 5.91 Å². The highest BCUT2D eigenvalue weighted by atomic mass is 127. The molecule has 1 N–H and O–H groups in total. The van der Waals surface area contributed by atoms with Gasteiger partial charge in [-0.15, -0.1) is 0 Å². The van der Waals surface area contributed by atoms with Gasteiger partial charge in [0.15, 0.2) is 0 Å². The lowest BCUT2D eigenvalue weighted by atomic mass is 10.2. The Morgan fingerprint density at radius 1 is 1.14 bits per heavy atom. The number of hydrogen-bond donors (Lipinski definition) is 1. The van der Waals surface area contributed by atoms with Crippen LogP contribution in [-0.2, 0) is 0 Å². The summed E-state index contributed by atoms with van der Waals surface area (Å²) >= 11 is 2.16. The highest BCUT2D eigenvalue weighted by Crippen LogP contribution is 2.22. The van der Waals surface area contributed by atoms with Crippen molar-refractivity contribution in [2.75, 3.05) is 7.11 Å². The smallest absolute Gasteiger partial charge is 0.271 e. The quantitative estimate of drug-likeness (QED) is 0.320. The average molecular weight is 487 g/mol. The molecule has 3 aromatic rings. The fourth-order valence-electron chi connectivity index (χ4n) is 3.11. The Bertz CT molecular complexity index is 1050. The molecule has 1 amide bonds. The molecule has 0 aliphatic carbocycles. The lowest BCUT2D eigenvalue weighted by Gasteiger charge is -2.10. The molecule has 0 aliphatic heterocycles. The van der Waals surface area contributed by atoms with Crippen LogP contribution in [0.5, 0.6) is 5.75 Å². The Morgan fingerprint density at radius 2 is 1.93 bits per heavy atom.